The molecule has 0 saturated carbocycles. The predicted octanol–water partition coefficient (Wildman–Crippen LogP) is 1.15. The van der Waals surface area contributed by atoms with Gasteiger partial charge in [0.25, 0.3) is 0 Å². The molecule has 6 nitrogen and oxygen atoms in total. The first-order chi connectivity index (χ1) is 9.58. The van der Waals surface area contributed by atoms with Gasteiger partial charge in [-0.1, -0.05) is 0 Å². The van der Waals surface area contributed by atoms with Crippen LogP contribution in [0.5, 0.6) is 0 Å². The van der Waals surface area contributed by atoms with E-state index in [1.165, 1.54) is 4.31 Å². The van der Waals surface area contributed by atoms with Crippen molar-refractivity contribution < 1.29 is 13.2 Å². The fourth-order valence-electron chi connectivity index (χ4n) is 1.76. The highest BCUT2D eigenvalue weighted by atomic mass is 32.2. The van der Waals surface area contributed by atoms with Crippen molar-refractivity contribution in [1.29, 1.82) is 0 Å². The number of carbonyl (C=O) groups is 1. The number of hydrogen-bond donors (Lipinski definition) is 1. The molecule has 1 amide bonds. The summed E-state index contributed by atoms with van der Waals surface area (Å²) in [7, 11) is -3.37. The number of pyridine rings is 1. The van der Waals surface area contributed by atoms with E-state index in [9.17, 15) is 13.2 Å². The Morgan fingerprint density at radius 2 is 1.86 bits per heavy atom. The second-order valence-corrected chi connectivity index (χ2v) is 7.98. The molecular formula is C14H23N3O3S. The third-order valence-corrected chi connectivity index (χ3v) is 3.93. The fourth-order valence-corrected chi connectivity index (χ4v) is 2.57. The van der Waals surface area contributed by atoms with Gasteiger partial charge in [-0.05, 0) is 38.5 Å². The number of nitrogens with zero attached hydrogens (tertiary/aromatic N) is 2. The lowest BCUT2D eigenvalue weighted by Gasteiger charge is -2.23. The molecule has 0 aromatic carbocycles. The van der Waals surface area contributed by atoms with Crippen LogP contribution >= 0.6 is 0 Å². The zero-order valence-electron chi connectivity index (χ0n) is 13.0. The standard InChI is InChI=1S/C14H23N3O3S/c1-14(2,3)16-13(18)7-10-17(21(4,19)20)11-12-5-8-15-9-6-12/h5-6,8-9H,7,10-11H2,1-4H3,(H,16,18). The Balaban J connectivity index is 2.66. The summed E-state index contributed by atoms with van der Waals surface area (Å²) in [5.41, 5.74) is 0.518. The van der Waals surface area contributed by atoms with Crippen molar-refractivity contribution in [2.75, 3.05) is 12.8 Å². The van der Waals surface area contributed by atoms with E-state index in [0.717, 1.165) is 11.8 Å². The smallest absolute Gasteiger partial charge is 0.221 e. The minimum absolute atomic E-state index is 0.134. The van der Waals surface area contributed by atoms with Crippen LogP contribution in [0, 0.1) is 0 Å². The molecule has 7 heteroatoms. The van der Waals surface area contributed by atoms with Crippen LogP contribution < -0.4 is 5.32 Å². The van der Waals surface area contributed by atoms with Gasteiger partial charge in [0, 0.05) is 37.4 Å². The van der Waals surface area contributed by atoms with Crippen molar-refractivity contribution in [3.05, 3.63) is 30.1 Å². The van der Waals surface area contributed by atoms with Crippen molar-refractivity contribution in [2.24, 2.45) is 0 Å². The molecule has 1 aromatic heterocycles. The van der Waals surface area contributed by atoms with E-state index in [4.69, 9.17) is 0 Å². The summed E-state index contributed by atoms with van der Waals surface area (Å²) in [6, 6.07) is 3.51. The average Bonchev–Trinajstić information content (AvgIpc) is 2.32. The van der Waals surface area contributed by atoms with Crippen molar-refractivity contribution in [2.45, 2.75) is 39.3 Å². The number of nitrogens with one attached hydrogen (secondary N) is 1. The second-order valence-electron chi connectivity index (χ2n) is 6.00. The Bertz CT molecular complexity index is 565. The van der Waals surface area contributed by atoms with Gasteiger partial charge >= 0.3 is 0 Å². The number of sulfonamides is 1. The van der Waals surface area contributed by atoms with Gasteiger partial charge in [-0.2, -0.15) is 4.31 Å². The third kappa shape index (κ3) is 7.19. The largest absolute Gasteiger partial charge is 0.351 e. The molecule has 1 aromatic rings. The minimum atomic E-state index is -3.37. The van der Waals surface area contributed by atoms with Crippen LogP contribution in [-0.2, 0) is 21.4 Å². The molecule has 0 aliphatic carbocycles. The highest BCUT2D eigenvalue weighted by Crippen LogP contribution is 2.09. The van der Waals surface area contributed by atoms with Crippen LogP contribution in [0.15, 0.2) is 24.5 Å². The monoisotopic (exact) mass is 313 g/mol. The maximum atomic E-state index is 11.8. The van der Waals surface area contributed by atoms with Gasteiger partial charge in [0.1, 0.15) is 0 Å². The first kappa shape index (κ1) is 17.6. The molecule has 0 fully saturated rings. The summed E-state index contributed by atoms with van der Waals surface area (Å²) < 4.78 is 24.9. The molecule has 21 heavy (non-hydrogen) atoms. The van der Waals surface area contributed by atoms with Gasteiger partial charge in [-0.25, -0.2) is 8.42 Å². The van der Waals surface area contributed by atoms with Gasteiger partial charge < -0.3 is 5.32 Å². The molecule has 0 aliphatic rings. The summed E-state index contributed by atoms with van der Waals surface area (Å²) in [4.78, 5) is 15.7. The molecule has 0 saturated heterocycles. The molecular weight excluding hydrogens is 290 g/mol. The maximum Gasteiger partial charge on any atom is 0.221 e. The molecule has 0 radical (unpaired) electrons. The van der Waals surface area contributed by atoms with Crippen molar-refractivity contribution in [1.82, 2.24) is 14.6 Å². The Morgan fingerprint density at radius 3 is 2.33 bits per heavy atom. The molecule has 0 atom stereocenters. The van der Waals surface area contributed by atoms with Crippen LogP contribution in [-0.4, -0.2) is 42.0 Å². The van der Waals surface area contributed by atoms with E-state index in [0.29, 0.717) is 0 Å². The maximum absolute atomic E-state index is 11.8. The highest BCUT2D eigenvalue weighted by Gasteiger charge is 2.20. The lowest BCUT2D eigenvalue weighted by atomic mass is 10.1. The van der Waals surface area contributed by atoms with Gasteiger partial charge in [0.2, 0.25) is 15.9 Å². The molecule has 1 N–H and O–H groups in total. The van der Waals surface area contributed by atoms with Crippen molar-refractivity contribution >= 4 is 15.9 Å². The molecule has 1 heterocycles. The van der Waals surface area contributed by atoms with Crippen LogP contribution in [0.1, 0.15) is 32.8 Å². The topological polar surface area (TPSA) is 79.4 Å². The lowest BCUT2D eigenvalue weighted by molar-refractivity contribution is -0.122. The quantitative estimate of drug-likeness (QED) is 0.854. The van der Waals surface area contributed by atoms with Crippen LogP contribution in [0.4, 0.5) is 0 Å². The van der Waals surface area contributed by atoms with Crippen molar-refractivity contribution in [3.8, 4) is 0 Å². The number of hydrogen-bond acceptors (Lipinski definition) is 4. The third-order valence-electron chi connectivity index (χ3n) is 2.68. The second kappa shape index (κ2) is 7.00. The molecule has 0 spiro atoms. The minimum Gasteiger partial charge on any atom is -0.351 e. The van der Waals surface area contributed by atoms with Crippen LogP contribution in [0.2, 0.25) is 0 Å². The molecule has 0 unspecified atom stereocenters. The van der Waals surface area contributed by atoms with E-state index in [2.05, 4.69) is 10.3 Å². The predicted molar refractivity (Wildman–Crippen MR) is 82.0 cm³/mol. The van der Waals surface area contributed by atoms with E-state index in [1.54, 1.807) is 24.5 Å². The zero-order chi connectivity index (χ0) is 16.1. The summed E-state index contributed by atoms with van der Waals surface area (Å²) in [6.07, 6.45) is 4.51. The molecule has 118 valence electrons. The zero-order valence-corrected chi connectivity index (χ0v) is 13.8. The summed E-state index contributed by atoms with van der Waals surface area (Å²) in [6.45, 7) is 6.05. The Kier molecular flexibility index (Phi) is 5.86. The number of amides is 1. The molecule has 1 rings (SSSR count). The van der Waals surface area contributed by atoms with Gasteiger partial charge in [-0.15, -0.1) is 0 Å². The van der Waals surface area contributed by atoms with E-state index in [1.807, 2.05) is 20.8 Å². The number of aromatic nitrogens is 1. The molecule has 0 aliphatic heterocycles. The number of carbonyl (C=O) groups excluding carboxylic acids is 1. The van der Waals surface area contributed by atoms with Crippen LogP contribution in [0.25, 0.3) is 0 Å². The first-order valence-electron chi connectivity index (χ1n) is 6.73. The normalized spacial score (nSPS) is 12.4. The Labute approximate surface area is 126 Å². The summed E-state index contributed by atoms with van der Waals surface area (Å²) in [5, 5.41) is 2.82. The molecule has 0 bridgehead atoms. The van der Waals surface area contributed by atoms with E-state index in [-0.39, 0.29) is 31.0 Å². The van der Waals surface area contributed by atoms with Crippen LogP contribution in [0.3, 0.4) is 0 Å². The lowest BCUT2D eigenvalue weighted by Crippen LogP contribution is -2.42. The van der Waals surface area contributed by atoms with Crippen molar-refractivity contribution in [3.63, 3.8) is 0 Å². The van der Waals surface area contributed by atoms with E-state index >= 15 is 0 Å². The average molecular weight is 313 g/mol. The number of rotatable bonds is 6. The highest BCUT2D eigenvalue weighted by molar-refractivity contribution is 7.88. The van der Waals surface area contributed by atoms with Gasteiger partial charge in [-0.3, -0.25) is 9.78 Å². The summed E-state index contributed by atoms with van der Waals surface area (Å²) in [5.74, 6) is -0.161. The van der Waals surface area contributed by atoms with E-state index < -0.39 is 10.0 Å². The van der Waals surface area contributed by atoms with Gasteiger partial charge in [0.05, 0.1) is 6.26 Å². The first-order valence-corrected chi connectivity index (χ1v) is 8.58. The summed E-state index contributed by atoms with van der Waals surface area (Å²) >= 11 is 0. The SMILES string of the molecule is CC(C)(C)NC(=O)CCN(Cc1ccncc1)S(C)(=O)=O. The Morgan fingerprint density at radius 1 is 1.29 bits per heavy atom. The Hall–Kier alpha value is -1.47. The fraction of sp³-hybridized carbons (Fsp3) is 0.571. The van der Waals surface area contributed by atoms with Gasteiger partial charge in [0.15, 0.2) is 0 Å².